The van der Waals surface area contributed by atoms with Gasteiger partial charge in [0.1, 0.15) is 5.75 Å². The van der Waals surface area contributed by atoms with Crippen molar-refractivity contribution in [2.75, 3.05) is 20.7 Å². The summed E-state index contributed by atoms with van der Waals surface area (Å²) in [7, 11) is 3.44. The third-order valence-electron chi connectivity index (χ3n) is 3.46. The molecule has 1 aromatic carbocycles. The van der Waals surface area contributed by atoms with Gasteiger partial charge in [0.15, 0.2) is 5.96 Å². The average molecular weight is 315 g/mol. The van der Waals surface area contributed by atoms with Crippen LogP contribution in [0, 0.1) is 0 Å². The fraction of sp³-hybridized carbons (Fsp3) is 0.412. The molecule has 23 heavy (non-hydrogen) atoms. The number of unbranched alkanes of at least 4 members (excludes halogenated alkanes) is 1. The highest BCUT2D eigenvalue weighted by Crippen LogP contribution is 2.14. The number of ether oxygens (including phenoxy) is 1. The molecule has 0 aliphatic heterocycles. The standard InChI is InChI=1S/C17H25N5O/c1-4-5-11-19-17(18-2)20-13-14-10-12-22(21-14)15-6-8-16(23-3)9-7-15/h6-10,12H,4-5,11,13H2,1-3H3,(H2,18,19,20). The first-order valence-electron chi connectivity index (χ1n) is 7.90. The number of aromatic nitrogens is 2. The molecule has 0 spiro atoms. The van der Waals surface area contributed by atoms with E-state index >= 15 is 0 Å². The van der Waals surface area contributed by atoms with E-state index < -0.39 is 0 Å². The van der Waals surface area contributed by atoms with Gasteiger partial charge in [-0.3, -0.25) is 4.99 Å². The van der Waals surface area contributed by atoms with Crippen molar-refractivity contribution in [3.63, 3.8) is 0 Å². The molecule has 0 radical (unpaired) electrons. The minimum atomic E-state index is 0.634. The summed E-state index contributed by atoms with van der Waals surface area (Å²) in [5, 5.41) is 11.1. The molecule has 0 saturated carbocycles. The van der Waals surface area contributed by atoms with E-state index in [0.717, 1.165) is 42.5 Å². The Morgan fingerprint density at radius 3 is 2.65 bits per heavy atom. The van der Waals surface area contributed by atoms with E-state index in [1.165, 1.54) is 0 Å². The van der Waals surface area contributed by atoms with Crippen molar-refractivity contribution in [3.05, 3.63) is 42.2 Å². The number of nitrogens with one attached hydrogen (secondary N) is 2. The van der Waals surface area contributed by atoms with Gasteiger partial charge < -0.3 is 15.4 Å². The van der Waals surface area contributed by atoms with Crippen LogP contribution in [0.4, 0.5) is 0 Å². The first kappa shape index (κ1) is 16.9. The lowest BCUT2D eigenvalue weighted by Crippen LogP contribution is -2.37. The summed E-state index contributed by atoms with van der Waals surface area (Å²) >= 11 is 0. The summed E-state index contributed by atoms with van der Waals surface area (Å²) in [5.74, 6) is 1.64. The maximum atomic E-state index is 5.17. The number of hydrogen-bond acceptors (Lipinski definition) is 3. The number of hydrogen-bond donors (Lipinski definition) is 2. The highest BCUT2D eigenvalue weighted by Gasteiger charge is 2.03. The largest absolute Gasteiger partial charge is 0.497 e. The molecule has 0 bridgehead atoms. The van der Waals surface area contributed by atoms with Crippen LogP contribution in [0.1, 0.15) is 25.5 Å². The molecule has 6 nitrogen and oxygen atoms in total. The van der Waals surface area contributed by atoms with Crippen LogP contribution in [-0.2, 0) is 6.54 Å². The Labute approximate surface area is 137 Å². The number of rotatable bonds is 7. The molecular weight excluding hydrogens is 290 g/mol. The molecule has 0 saturated heterocycles. The highest BCUT2D eigenvalue weighted by molar-refractivity contribution is 5.79. The van der Waals surface area contributed by atoms with E-state index in [9.17, 15) is 0 Å². The second kappa shape index (κ2) is 8.82. The SMILES string of the molecule is CCCCNC(=NC)NCc1ccn(-c2ccc(OC)cc2)n1. The van der Waals surface area contributed by atoms with E-state index in [1.807, 2.05) is 41.2 Å². The number of methoxy groups -OCH3 is 1. The zero-order chi connectivity index (χ0) is 16.5. The molecule has 0 aliphatic carbocycles. The van der Waals surface area contributed by atoms with Gasteiger partial charge in [-0.15, -0.1) is 0 Å². The molecule has 0 aliphatic rings. The maximum Gasteiger partial charge on any atom is 0.191 e. The van der Waals surface area contributed by atoms with Gasteiger partial charge in [-0.25, -0.2) is 4.68 Å². The van der Waals surface area contributed by atoms with Crippen molar-refractivity contribution >= 4 is 5.96 Å². The molecule has 0 fully saturated rings. The normalized spacial score (nSPS) is 11.3. The monoisotopic (exact) mass is 315 g/mol. The molecule has 1 aromatic heterocycles. The first-order chi connectivity index (χ1) is 11.3. The van der Waals surface area contributed by atoms with Gasteiger partial charge >= 0.3 is 0 Å². The molecule has 6 heteroatoms. The van der Waals surface area contributed by atoms with Crippen LogP contribution in [0.15, 0.2) is 41.5 Å². The van der Waals surface area contributed by atoms with Crippen molar-refractivity contribution in [3.8, 4) is 11.4 Å². The van der Waals surface area contributed by atoms with Crippen LogP contribution in [0.5, 0.6) is 5.75 Å². The molecular formula is C17H25N5O. The Hall–Kier alpha value is -2.50. The molecule has 0 amide bonds. The minimum absolute atomic E-state index is 0.634. The lowest BCUT2D eigenvalue weighted by Gasteiger charge is -2.10. The van der Waals surface area contributed by atoms with Gasteiger partial charge in [0.25, 0.3) is 0 Å². The fourth-order valence-electron chi connectivity index (χ4n) is 2.11. The second-order valence-electron chi connectivity index (χ2n) is 5.16. The summed E-state index contributed by atoms with van der Waals surface area (Å²) in [6.45, 7) is 3.73. The van der Waals surface area contributed by atoms with Crippen LogP contribution in [-0.4, -0.2) is 36.4 Å². The van der Waals surface area contributed by atoms with Gasteiger partial charge in [-0.1, -0.05) is 13.3 Å². The van der Waals surface area contributed by atoms with E-state index in [-0.39, 0.29) is 0 Å². The van der Waals surface area contributed by atoms with E-state index in [2.05, 4.69) is 27.6 Å². The summed E-state index contributed by atoms with van der Waals surface area (Å²) in [4.78, 5) is 4.20. The molecule has 2 rings (SSSR count). The smallest absolute Gasteiger partial charge is 0.191 e. The van der Waals surface area contributed by atoms with Gasteiger partial charge in [0.2, 0.25) is 0 Å². The predicted molar refractivity (Wildman–Crippen MR) is 93.2 cm³/mol. The third kappa shape index (κ3) is 5.02. The van der Waals surface area contributed by atoms with Crippen LogP contribution >= 0.6 is 0 Å². The summed E-state index contributed by atoms with van der Waals surface area (Å²) < 4.78 is 7.02. The van der Waals surface area contributed by atoms with Crippen molar-refractivity contribution in [2.45, 2.75) is 26.3 Å². The Balaban J connectivity index is 1.91. The topological polar surface area (TPSA) is 63.5 Å². The molecule has 0 atom stereocenters. The predicted octanol–water partition coefficient (Wildman–Crippen LogP) is 2.35. The van der Waals surface area contributed by atoms with Crippen LogP contribution < -0.4 is 15.4 Å². The van der Waals surface area contributed by atoms with Crippen LogP contribution in [0.3, 0.4) is 0 Å². The summed E-state index contributed by atoms with van der Waals surface area (Å²) in [6.07, 6.45) is 4.25. The molecule has 0 unspecified atom stereocenters. The number of nitrogens with zero attached hydrogens (tertiary/aromatic N) is 3. The molecule has 1 heterocycles. The number of benzene rings is 1. The van der Waals surface area contributed by atoms with Gasteiger partial charge in [0, 0.05) is 19.8 Å². The third-order valence-corrected chi connectivity index (χ3v) is 3.46. The zero-order valence-corrected chi connectivity index (χ0v) is 14.0. The summed E-state index contributed by atoms with van der Waals surface area (Å²) in [5.41, 5.74) is 1.96. The van der Waals surface area contributed by atoms with Gasteiger partial charge in [0.05, 0.1) is 25.0 Å². The lowest BCUT2D eigenvalue weighted by molar-refractivity contribution is 0.414. The summed E-state index contributed by atoms with van der Waals surface area (Å²) in [6, 6.07) is 9.81. The minimum Gasteiger partial charge on any atom is -0.497 e. The second-order valence-corrected chi connectivity index (χ2v) is 5.16. The van der Waals surface area contributed by atoms with Gasteiger partial charge in [-0.05, 0) is 36.8 Å². The Bertz CT molecular complexity index is 618. The Morgan fingerprint density at radius 2 is 2.00 bits per heavy atom. The number of guanidine groups is 1. The highest BCUT2D eigenvalue weighted by atomic mass is 16.5. The van der Waals surface area contributed by atoms with E-state index in [0.29, 0.717) is 6.54 Å². The maximum absolute atomic E-state index is 5.17. The van der Waals surface area contributed by atoms with Crippen molar-refractivity contribution in [1.82, 2.24) is 20.4 Å². The molecule has 2 N–H and O–H groups in total. The fourth-order valence-corrected chi connectivity index (χ4v) is 2.11. The molecule has 124 valence electrons. The Kier molecular flexibility index (Phi) is 6.47. The lowest BCUT2D eigenvalue weighted by atomic mass is 10.3. The average Bonchev–Trinajstić information content (AvgIpc) is 3.07. The number of aliphatic imine (C=N–C) groups is 1. The first-order valence-corrected chi connectivity index (χ1v) is 7.90. The van der Waals surface area contributed by atoms with E-state index in [4.69, 9.17) is 4.74 Å². The quantitative estimate of drug-likeness (QED) is 0.468. The van der Waals surface area contributed by atoms with Gasteiger partial charge in [-0.2, -0.15) is 5.10 Å². The molecule has 2 aromatic rings. The van der Waals surface area contributed by atoms with Crippen molar-refractivity contribution < 1.29 is 4.74 Å². The van der Waals surface area contributed by atoms with Crippen LogP contribution in [0.25, 0.3) is 5.69 Å². The van der Waals surface area contributed by atoms with E-state index in [1.54, 1.807) is 14.2 Å². The van der Waals surface area contributed by atoms with Crippen LogP contribution in [0.2, 0.25) is 0 Å². The van der Waals surface area contributed by atoms with Crippen molar-refractivity contribution in [1.29, 1.82) is 0 Å². The van der Waals surface area contributed by atoms with Crippen molar-refractivity contribution in [2.24, 2.45) is 4.99 Å². The Morgan fingerprint density at radius 1 is 1.22 bits per heavy atom. The zero-order valence-electron chi connectivity index (χ0n) is 14.0.